The normalized spacial score (nSPS) is 12.8. The van der Waals surface area contributed by atoms with Gasteiger partial charge < -0.3 is 19.9 Å². The van der Waals surface area contributed by atoms with E-state index in [4.69, 9.17) is 4.74 Å². The highest BCUT2D eigenvalue weighted by molar-refractivity contribution is 8.00. The van der Waals surface area contributed by atoms with Crippen molar-refractivity contribution in [2.75, 3.05) is 24.2 Å². The molecule has 2 N–H and O–H groups in total. The maximum atomic E-state index is 13.0. The standard InChI is InChI=1S/C28H29N3O4S3/c1-2-35-28(34)25-19-9-4-6-11-21(19)38-27(25)30-24(32)17-37-23-16-31(20-10-5-3-8-18(20)23)14-13-29-26(33)22-12-7-15-36-22/h3,5,7-8,10,12,15-16H,2,4,6,9,11,13-14,17H2,1H3,(H,29,33)(H,30,32). The Kier molecular flexibility index (Phi) is 8.51. The van der Waals surface area contributed by atoms with E-state index in [0.717, 1.165) is 47.0 Å². The third-order valence-corrected chi connectivity index (χ3v) is 9.52. The van der Waals surface area contributed by atoms with E-state index in [1.165, 1.54) is 39.3 Å². The average molecular weight is 568 g/mol. The number of rotatable bonds is 10. The van der Waals surface area contributed by atoms with Gasteiger partial charge in [0.25, 0.3) is 5.91 Å². The molecular weight excluding hydrogens is 539 g/mol. The Morgan fingerprint density at radius 3 is 2.76 bits per heavy atom. The van der Waals surface area contributed by atoms with Crippen LogP contribution in [0.5, 0.6) is 0 Å². The molecule has 5 rings (SSSR count). The molecule has 3 heterocycles. The van der Waals surface area contributed by atoms with Crippen LogP contribution >= 0.6 is 34.4 Å². The van der Waals surface area contributed by atoms with Gasteiger partial charge in [0.05, 0.1) is 22.8 Å². The number of fused-ring (bicyclic) bond motifs is 2. The van der Waals surface area contributed by atoms with Gasteiger partial charge in [-0.2, -0.15) is 0 Å². The molecule has 10 heteroatoms. The van der Waals surface area contributed by atoms with Gasteiger partial charge in [-0.15, -0.1) is 34.4 Å². The van der Waals surface area contributed by atoms with Gasteiger partial charge in [0.2, 0.25) is 5.91 Å². The number of nitrogens with zero attached hydrogens (tertiary/aromatic N) is 1. The maximum absolute atomic E-state index is 13.0. The molecule has 0 saturated heterocycles. The second kappa shape index (κ2) is 12.2. The van der Waals surface area contributed by atoms with Crippen LogP contribution < -0.4 is 10.6 Å². The number of hydrogen-bond donors (Lipinski definition) is 2. The Morgan fingerprint density at radius 1 is 1.11 bits per heavy atom. The summed E-state index contributed by atoms with van der Waals surface area (Å²) in [5.74, 6) is -0.364. The third-order valence-electron chi connectivity index (χ3n) is 6.40. The molecule has 0 bridgehead atoms. The largest absolute Gasteiger partial charge is 0.462 e. The number of aryl methyl sites for hydroxylation is 1. The highest BCUT2D eigenvalue weighted by Crippen LogP contribution is 2.39. The van der Waals surface area contributed by atoms with Crippen molar-refractivity contribution >= 4 is 68.1 Å². The molecule has 198 valence electrons. The van der Waals surface area contributed by atoms with Gasteiger partial charge in [-0.25, -0.2) is 4.79 Å². The fraction of sp³-hybridized carbons (Fsp3) is 0.321. The van der Waals surface area contributed by atoms with Crippen molar-refractivity contribution in [3.8, 4) is 0 Å². The van der Waals surface area contributed by atoms with E-state index >= 15 is 0 Å². The molecule has 0 fully saturated rings. The summed E-state index contributed by atoms with van der Waals surface area (Å²) in [5, 5.41) is 9.52. The number of hydrogen-bond acceptors (Lipinski definition) is 7. The van der Waals surface area contributed by atoms with Gasteiger partial charge >= 0.3 is 5.97 Å². The van der Waals surface area contributed by atoms with E-state index < -0.39 is 0 Å². The van der Waals surface area contributed by atoms with E-state index in [2.05, 4.69) is 15.2 Å². The minimum absolute atomic E-state index is 0.0693. The number of nitrogens with one attached hydrogen (secondary N) is 2. The summed E-state index contributed by atoms with van der Waals surface area (Å²) in [6.45, 7) is 3.21. The molecule has 1 aliphatic rings. The second-order valence-corrected chi connectivity index (χ2v) is 12.0. The topological polar surface area (TPSA) is 89.4 Å². The van der Waals surface area contributed by atoms with Crippen LogP contribution in [0.25, 0.3) is 10.9 Å². The Balaban J connectivity index is 1.25. The number of para-hydroxylation sites is 1. The zero-order valence-electron chi connectivity index (χ0n) is 21.1. The van der Waals surface area contributed by atoms with E-state index in [9.17, 15) is 14.4 Å². The number of thioether (sulfide) groups is 1. The fourth-order valence-electron chi connectivity index (χ4n) is 4.68. The smallest absolute Gasteiger partial charge is 0.341 e. The van der Waals surface area contributed by atoms with Crippen LogP contribution in [0.2, 0.25) is 0 Å². The molecule has 1 aliphatic carbocycles. The minimum Gasteiger partial charge on any atom is -0.462 e. The molecule has 7 nitrogen and oxygen atoms in total. The van der Waals surface area contributed by atoms with E-state index in [-0.39, 0.29) is 23.5 Å². The zero-order chi connectivity index (χ0) is 26.5. The van der Waals surface area contributed by atoms with Gasteiger partial charge in [-0.3, -0.25) is 9.59 Å². The zero-order valence-corrected chi connectivity index (χ0v) is 23.5. The first-order valence-corrected chi connectivity index (χ1v) is 15.4. The Bertz CT molecular complexity index is 1460. The lowest BCUT2D eigenvalue weighted by molar-refractivity contribution is -0.113. The quantitative estimate of drug-likeness (QED) is 0.182. The summed E-state index contributed by atoms with van der Waals surface area (Å²) in [4.78, 5) is 40.8. The summed E-state index contributed by atoms with van der Waals surface area (Å²) in [6.07, 6.45) is 5.96. The van der Waals surface area contributed by atoms with Crippen LogP contribution in [0.1, 0.15) is 50.2 Å². The first kappa shape index (κ1) is 26.5. The van der Waals surface area contributed by atoms with Crippen molar-refractivity contribution < 1.29 is 19.1 Å². The number of benzene rings is 1. The summed E-state index contributed by atoms with van der Waals surface area (Å²) in [6, 6.07) is 11.7. The molecule has 0 saturated carbocycles. The Hall–Kier alpha value is -3.08. The third kappa shape index (κ3) is 5.82. The Labute approximate surface area is 233 Å². The lowest BCUT2D eigenvalue weighted by atomic mass is 9.95. The van der Waals surface area contributed by atoms with E-state index in [0.29, 0.717) is 35.1 Å². The summed E-state index contributed by atoms with van der Waals surface area (Å²) in [5.41, 5.74) is 2.62. The highest BCUT2D eigenvalue weighted by Gasteiger charge is 2.27. The molecule has 38 heavy (non-hydrogen) atoms. The van der Waals surface area contributed by atoms with Gasteiger partial charge in [0.15, 0.2) is 0 Å². The molecule has 2 amide bonds. The van der Waals surface area contributed by atoms with Crippen molar-refractivity contribution in [2.45, 2.75) is 44.0 Å². The van der Waals surface area contributed by atoms with Crippen molar-refractivity contribution in [1.82, 2.24) is 9.88 Å². The molecule has 4 aromatic rings. The SMILES string of the molecule is CCOC(=O)c1c(NC(=O)CSc2cn(CCNC(=O)c3cccs3)c3ccccc23)sc2c1CCCC2. The number of carbonyl (C=O) groups excluding carboxylic acids is 3. The minimum atomic E-state index is -0.357. The predicted octanol–water partition coefficient (Wildman–Crippen LogP) is 5.98. The van der Waals surface area contributed by atoms with Gasteiger partial charge in [-0.05, 0) is 55.7 Å². The van der Waals surface area contributed by atoms with E-state index in [1.807, 2.05) is 48.0 Å². The second-order valence-electron chi connectivity index (χ2n) is 8.91. The molecule has 3 aromatic heterocycles. The van der Waals surface area contributed by atoms with Crippen LogP contribution in [0.4, 0.5) is 5.00 Å². The van der Waals surface area contributed by atoms with Crippen LogP contribution in [-0.4, -0.2) is 41.3 Å². The lowest BCUT2D eigenvalue weighted by Crippen LogP contribution is -2.26. The molecular formula is C28H29N3O4S3. The first-order chi connectivity index (χ1) is 18.5. The van der Waals surface area contributed by atoms with Gasteiger partial charge in [0.1, 0.15) is 5.00 Å². The summed E-state index contributed by atoms with van der Waals surface area (Å²) >= 11 is 4.39. The predicted molar refractivity (Wildman–Crippen MR) is 155 cm³/mol. The molecule has 0 spiro atoms. The molecule has 1 aromatic carbocycles. The van der Waals surface area contributed by atoms with Crippen LogP contribution in [-0.2, 0) is 28.9 Å². The van der Waals surface area contributed by atoms with Crippen LogP contribution in [0.3, 0.4) is 0 Å². The van der Waals surface area contributed by atoms with Crippen molar-refractivity contribution in [1.29, 1.82) is 0 Å². The van der Waals surface area contributed by atoms with Crippen LogP contribution in [0, 0.1) is 0 Å². The lowest BCUT2D eigenvalue weighted by Gasteiger charge is -2.12. The average Bonchev–Trinajstić information content (AvgIpc) is 3.65. The monoisotopic (exact) mass is 567 g/mol. The summed E-state index contributed by atoms with van der Waals surface area (Å²) in [7, 11) is 0. The molecule has 0 atom stereocenters. The molecule has 0 aliphatic heterocycles. The first-order valence-electron chi connectivity index (χ1n) is 12.7. The van der Waals surface area contributed by atoms with Gasteiger partial charge in [0, 0.05) is 40.0 Å². The number of esters is 1. The molecule has 0 unspecified atom stereocenters. The summed E-state index contributed by atoms with van der Waals surface area (Å²) < 4.78 is 7.41. The maximum Gasteiger partial charge on any atom is 0.341 e. The number of carbonyl (C=O) groups is 3. The number of anilines is 1. The van der Waals surface area contributed by atoms with Gasteiger partial charge in [-0.1, -0.05) is 24.3 Å². The Morgan fingerprint density at radius 2 is 1.95 bits per heavy atom. The van der Waals surface area contributed by atoms with E-state index in [1.54, 1.807) is 6.92 Å². The highest BCUT2D eigenvalue weighted by atomic mass is 32.2. The number of ether oxygens (including phenoxy) is 1. The fourth-order valence-corrected chi connectivity index (χ4v) is 7.50. The number of aromatic nitrogens is 1. The molecule has 0 radical (unpaired) electrons. The van der Waals surface area contributed by atoms with Crippen molar-refractivity contribution in [2.24, 2.45) is 0 Å². The van der Waals surface area contributed by atoms with Crippen molar-refractivity contribution in [3.63, 3.8) is 0 Å². The van der Waals surface area contributed by atoms with Crippen LogP contribution in [0.15, 0.2) is 52.9 Å². The number of amides is 2. The number of thiophene rings is 2. The van der Waals surface area contributed by atoms with Crippen molar-refractivity contribution in [3.05, 3.63) is 68.9 Å².